The number of nitrogens with zero attached hydrogens (tertiary/aromatic N) is 2. The second-order valence-corrected chi connectivity index (χ2v) is 11.0. The molecule has 0 N–H and O–H groups in total. The molecule has 0 atom stereocenters. The number of para-hydroxylation sites is 1. The quantitative estimate of drug-likeness (QED) is 0.222. The summed E-state index contributed by atoms with van der Waals surface area (Å²) >= 11 is 0. The molecule has 0 radical (unpaired) electrons. The van der Waals surface area contributed by atoms with Crippen LogP contribution in [0, 0.1) is 0 Å². The van der Waals surface area contributed by atoms with Crippen LogP contribution in [0.2, 0.25) is 0 Å². The highest BCUT2D eigenvalue weighted by Gasteiger charge is 2.37. The highest BCUT2D eigenvalue weighted by Crippen LogP contribution is 2.53. The molecule has 1 aliphatic carbocycles. The lowest BCUT2D eigenvalue weighted by Gasteiger charge is -2.24. The van der Waals surface area contributed by atoms with E-state index in [1.165, 1.54) is 49.2 Å². The fraction of sp³-hybridized carbons (Fsp3) is 0.0811. The largest absolute Gasteiger partial charge is 0.256 e. The van der Waals surface area contributed by atoms with Crippen LogP contribution in [0.4, 0.5) is 0 Å². The Balaban J connectivity index is 1.37. The molecule has 0 saturated heterocycles. The second-order valence-electron chi connectivity index (χ2n) is 11.0. The molecule has 2 nitrogen and oxygen atoms in total. The Kier molecular flexibility index (Phi) is 4.60. The maximum Gasteiger partial charge on any atom is 0.0788 e. The molecular weight excluding hydrogens is 472 g/mol. The van der Waals surface area contributed by atoms with Crippen molar-refractivity contribution in [2.45, 2.75) is 19.3 Å². The zero-order valence-electron chi connectivity index (χ0n) is 21.9. The molecule has 5 aromatic carbocycles. The minimum Gasteiger partial charge on any atom is -0.256 e. The van der Waals surface area contributed by atoms with Crippen LogP contribution in [-0.2, 0) is 5.41 Å². The zero-order valence-corrected chi connectivity index (χ0v) is 21.9. The molecule has 0 unspecified atom stereocenters. The lowest BCUT2D eigenvalue weighted by Crippen LogP contribution is -2.15. The van der Waals surface area contributed by atoms with E-state index in [2.05, 4.69) is 129 Å². The average molecular weight is 499 g/mol. The van der Waals surface area contributed by atoms with E-state index in [1.54, 1.807) is 0 Å². The van der Waals surface area contributed by atoms with E-state index in [0.717, 1.165) is 28.0 Å². The van der Waals surface area contributed by atoms with Gasteiger partial charge in [-0.25, -0.2) is 4.98 Å². The summed E-state index contributed by atoms with van der Waals surface area (Å²) in [5.74, 6) is 0. The van der Waals surface area contributed by atoms with Gasteiger partial charge in [-0.1, -0.05) is 117 Å². The monoisotopic (exact) mass is 498 g/mol. The second kappa shape index (κ2) is 8.09. The van der Waals surface area contributed by atoms with Crippen LogP contribution < -0.4 is 0 Å². The minimum atomic E-state index is -0.100. The van der Waals surface area contributed by atoms with Crippen molar-refractivity contribution in [1.29, 1.82) is 0 Å². The Morgan fingerprint density at radius 2 is 1.23 bits per heavy atom. The Morgan fingerprint density at radius 3 is 2.08 bits per heavy atom. The normalized spacial score (nSPS) is 13.6. The Morgan fingerprint density at radius 1 is 0.538 bits per heavy atom. The molecule has 1 aliphatic rings. The van der Waals surface area contributed by atoms with E-state index >= 15 is 0 Å². The van der Waals surface area contributed by atoms with Crippen molar-refractivity contribution in [3.8, 4) is 33.6 Å². The number of aromatic nitrogens is 2. The van der Waals surface area contributed by atoms with Gasteiger partial charge in [-0.2, -0.15) is 0 Å². The predicted molar refractivity (Wildman–Crippen MR) is 163 cm³/mol. The third-order valence-corrected chi connectivity index (χ3v) is 8.49. The van der Waals surface area contributed by atoms with Crippen LogP contribution in [0.15, 0.2) is 121 Å². The highest BCUT2D eigenvalue weighted by atomic mass is 14.7. The molecule has 184 valence electrons. The molecule has 0 amide bonds. The van der Waals surface area contributed by atoms with Crippen LogP contribution in [0.25, 0.3) is 66.1 Å². The summed E-state index contributed by atoms with van der Waals surface area (Å²) in [6, 6.07) is 41.3. The lowest BCUT2D eigenvalue weighted by atomic mass is 9.79. The van der Waals surface area contributed by atoms with Gasteiger partial charge in [-0.05, 0) is 45.2 Å². The lowest BCUT2D eigenvalue weighted by molar-refractivity contribution is 0.666. The van der Waals surface area contributed by atoms with E-state index in [0.29, 0.717) is 0 Å². The highest BCUT2D eigenvalue weighted by molar-refractivity contribution is 6.15. The van der Waals surface area contributed by atoms with Crippen LogP contribution in [0.5, 0.6) is 0 Å². The first-order valence-electron chi connectivity index (χ1n) is 13.5. The molecule has 2 heteroatoms. The van der Waals surface area contributed by atoms with E-state index in [-0.39, 0.29) is 5.41 Å². The molecule has 39 heavy (non-hydrogen) atoms. The first-order chi connectivity index (χ1) is 19.1. The van der Waals surface area contributed by atoms with Gasteiger partial charge in [-0.3, -0.25) is 4.98 Å². The number of rotatable bonds is 2. The summed E-state index contributed by atoms with van der Waals surface area (Å²) in [4.78, 5) is 9.96. The Labute approximate surface area is 227 Å². The third kappa shape index (κ3) is 3.15. The topological polar surface area (TPSA) is 25.8 Å². The Bertz CT molecular complexity index is 2080. The van der Waals surface area contributed by atoms with Crippen LogP contribution >= 0.6 is 0 Å². The predicted octanol–water partition coefficient (Wildman–Crippen LogP) is 9.58. The number of hydrogen-bond donors (Lipinski definition) is 0. The van der Waals surface area contributed by atoms with Gasteiger partial charge in [0.2, 0.25) is 0 Å². The molecule has 8 rings (SSSR count). The summed E-state index contributed by atoms with van der Waals surface area (Å²) in [5.41, 5.74) is 10.7. The molecule has 0 spiro atoms. The summed E-state index contributed by atoms with van der Waals surface area (Å²) < 4.78 is 0. The van der Waals surface area contributed by atoms with Crippen LogP contribution in [0.1, 0.15) is 25.0 Å². The Hall–Kier alpha value is -4.82. The van der Waals surface area contributed by atoms with Gasteiger partial charge in [0, 0.05) is 38.9 Å². The molecule has 7 aromatic rings. The summed E-state index contributed by atoms with van der Waals surface area (Å²) in [6.07, 6.45) is 1.89. The van der Waals surface area contributed by atoms with Gasteiger partial charge in [0.25, 0.3) is 0 Å². The van der Waals surface area contributed by atoms with Crippen molar-refractivity contribution in [1.82, 2.24) is 9.97 Å². The first kappa shape index (κ1) is 22.2. The minimum absolute atomic E-state index is 0.100. The smallest absolute Gasteiger partial charge is 0.0788 e. The SMILES string of the molecule is CC1(C)c2ccccc2-c2ccc3c(-c4ccc(-c5nccc6ccccc56)cc4)nc4ccccc4c3c21. The molecule has 0 aliphatic heterocycles. The fourth-order valence-electron chi connectivity index (χ4n) is 6.67. The van der Waals surface area contributed by atoms with Crippen molar-refractivity contribution in [3.63, 3.8) is 0 Å². The molecular formula is C37H26N2. The van der Waals surface area contributed by atoms with Crippen LogP contribution in [-0.4, -0.2) is 9.97 Å². The summed E-state index contributed by atoms with van der Waals surface area (Å²) in [7, 11) is 0. The molecule has 0 saturated carbocycles. The number of benzene rings is 5. The molecule has 0 fully saturated rings. The van der Waals surface area contributed by atoms with Gasteiger partial charge in [0.05, 0.1) is 16.9 Å². The van der Waals surface area contributed by atoms with Crippen molar-refractivity contribution in [3.05, 3.63) is 133 Å². The van der Waals surface area contributed by atoms with Crippen molar-refractivity contribution in [2.75, 3.05) is 0 Å². The van der Waals surface area contributed by atoms with E-state index in [1.807, 2.05) is 6.20 Å². The maximum atomic E-state index is 5.23. The first-order valence-corrected chi connectivity index (χ1v) is 13.5. The third-order valence-electron chi connectivity index (χ3n) is 8.49. The molecule has 2 heterocycles. The standard InChI is InChI=1S/C37H26N2/c1-37(2)31-13-7-5-11-27(31)28-19-20-30-33(34(28)37)29-12-6-8-14-32(29)39-36(30)25-17-15-24(16-18-25)35-26-10-4-3-9-23(26)21-22-38-35/h3-22H,1-2H3. The maximum absolute atomic E-state index is 5.23. The number of hydrogen-bond acceptors (Lipinski definition) is 2. The van der Waals surface area contributed by atoms with Crippen molar-refractivity contribution >= 4 is 32.4 Å². The summed E-state index contributed by atoms with van der Waals surface area (Å²) in [6.45, 7) is 4.72. The van der Waals surface area contributed by atoms with Crippen molar-refractivity contribution in [2.24, 2.45) is 0 Å². The molecule has 0 bridgehead atoms. The number of fused-ring (bicyclic) bond motifs is 8. The molecule has 2 aromatic heterocycles. The van der Waals surface area contributed by atoms with E-state index in [9.17, 15) is 0 Å². The van der Waals surface area contributed by atoms with Gasteiger partial charge < -0.3 is 0 Å². The average Bonchev–Trinajstić information content (AvgIpc) is 3.23. The summed E-state index contributed by atoms with van der Waals surface area (Å²) in [5, 5.41) is 6.09. The van der Waals surface area contributed by atoms with Crippen molar-refractivity contribution < 1.29 is 0 Å². The van der Waals surface area contributed by atoms with E-state index in [4.69, 9.17) is 9.97 Å². The van der Waals surface area contributed by atoms with Gasteiger partial charge in [-0.15, -0.1) is 0 Å². The van der Waals surface area contributed by atoms with Crippen LogP contribution in [0.3, 0.4) is 0 Å². The fourth-order valence-corrected chi connectivity index (χ4v) is 6.67. The van der Waals surface area contributed by atoms with Gasteiger partial charge >= 0.3 is 0 Å². The van der Waals surface area contributed by atoms with Gasteiger partial charge in [0.1, 0.15) is 0 Å². The van der Waals surface area contributed by atoms with Gasteiger partial charge in [0.15, 0.2) is 0 Å². The zero-order chi connectivity index (χ0) is 26.1. The number of pyridine rings is 2. The van der Waals surface area contributed by atoms with E-state index < -0.39 is 0 Å².